The molecule has 2 rings (SSSR count). The van der Waals surface area contributed by atoms with Crippen LogP contribution in [0.2, 0.25) is 0 Å². The van der Waals surface area contributed by atoms with Crippen LogP contribution in [0, 0.1) is 0 Å². The topological polar surface area (TPSA) is 110 Å². The maximum absolute atomic E-state index is 11.5. The Hall–Kier alpha value is -1.64. The SMILES string of the molecule is CN(CCCOc1ccc(C(N)=O)cc1)[C@@H]1CS(=O)(=O)C[C@H]1O. The molecule has 0 aromatic heterocycles. The minimum atomic E-state index is -3.14. The van der Waals surface area contributed by atoms with Crippen LogP contribution in [-0.4, -0.2) is 68.2 Å². The molecule has 3 N–H and O–H groups in total. The van der Waals surface area contributed by atoms with E-state index in [0.29, 0.717) is 30.9 Å². The van der Waals surface area contributed by atoms with Crippen LogP contribution in [0.4, 0.5) is 0 Å². The molecule has 0 aliphatic carbocycles. The van der Waals surface area contributed by atoms with Gasteiger partial charge in [0.15, 0.2) is 9.84 Å². The molecule has 1 aliphatic rings. The van der Waals surface area contributed by atoms with Gasteiger partial charge in [0.1, 0.15) is 5.75 Å². The fourth-order valence-electron chi connectivity index (χ4n) is 2.62. The summed E-state index contributed by atoms with van der Waals surface area (Å²) in [6.45, 7) is 1.08. The summed E-state index contributed by atoms with van der Waals surface area (Å²) in [7, 11) is -1.33. The Morgan fingerprint density at radius 1 is 1.35 bits per heavy atom. The first-order valence-corrected chi connectivity index (χ1v) is 9.22. The molecule has 1 saturated heterocycles. The van der Waals surface area contributed by atoms with Crippen LogP contribution >= 0.6 is 0 Å². The zero-order chi connectivity index (χ0) is 17.0. The molecule has 128 valence electrons. The predicted octanol–water partition coefficient (Wildman–Crippen LogP) is -0.356. The molecule has 0 saturated carbocycles. The van der Waals surface area contributed by atoms with Crippen LogP contribution in [0.1, 0.15) is 16.8 Å². The standard InChI is InChI=1S/C15H22N2O5S/c1-17(13-9-23(20,21)10-14(13)18)7-2-8-22-12-5-3-11(4-6-12)15(16)19/h3-6,13-14,18H,2,7-10H2,1H3,(H2,16,19)/t13-,14-/m1/s1. The first kappa shape index (κ1) is 17.7. The average molecular weight is 342 g/mol. The minimum Gasteiger partial charge on any atom is -0.494 e. The van der Waals surface area contributed by atoms with E-state index < -0.39 is 21.8 Å². The van der Waals surface area contributed by atoms with Crippen molar-refractivity contribution in [2.75, 3.05) is 31.7 Å². The Balaban J connectivity index is 1.74. The second-order valence-electron chi connectivity index (χ2n) is 5.78. The number of nitrogens with two attached hydrogens (primary N) is 1. The summed E-state index contributed by atoms with van der Waals surface area (Å²) in [6, 6.07) is 6.20. The van der Waals surface area contributed by atoms with Crippen molar-refractivity contribution in [2.24, 2.45) is 5.73 Å². The number of benzene rings is 1. The lowest BCUT2D eigenvalue weighted by molar-refractivity contribution is 0.0960. The van der Waals surface area contributed by atoms with Gasteiger partial charge in [-0.05, 0) is 37.7 Å². The molecule has 1 aromatic carbocycles. The third-order valence-electron chi connectivity index (χ3n) is 3.92. The zero-order valence-electron chi connectivity index (χ0n) is 13.0. The van der Waals surface area contributed by atoms with Gasteiger partial charge in [0.2, 0.25) is 5.91 Å². The number of aliphatic hydroxyl groups is 1. The third-order valence-corrected chi connectivity index (χ3v) is 5.62. The Morgan fingerprint density at radius 3 is 2.52 bits per heavy atom. The van der Waals surface area contributed by atoms with E-state index in [0.717, 1.165) is 0 Å². The van der Waals surface area contributed by atoms with Crippen LogP contribution in [-0.2, 0) is 9.84 Å². The van der Waals surface area contributed by atoms with Crippen molar-refractivity contribution < 1.29 is 23.1 Å². The molecule has 1 aromatic rings. The highest BCUT2D eigenvalue weighted by Crippen LogP contribution is 2.18. The van der Waals surface area contributed by atoms with Crippen LogP contribution in [0.15, 0.2) is 24.3 Å². The van der Waals surface area contributed by atoms with Gasteiger partial charge in [-0.25, -0.2) is 8.42 Å². The monoisotopic (exact) mass is 342 g/mol. The predicted molar refractivity (Wildman–Crippen MR) is 86.2 cm³/mol. The number of amides is 1. The Kier molecular flexibility index (Phi) is 5.61. The summed E-state index contributed by atoms with van der Waals surface area (Å²) >= 11 is 0. The average Bonchev–Trinajstić information content (AvgIpc) is 2.77. The molecule has 23 heavy (non-hydrogen) atoms. The Morgan fingerprint density at radius 2 is 2.00 bits per heavy atom. The molecule has 1 aliphatic heterocycles. The number of sulfone groups is 1. The van der Waals surface area contributed by atoms with Gasteiger partial charge in [-0.3, -0.25) is 9.69 Å². The van der Waals surface area contributed by atoms with Crippen LogP contribution < -0.4 is 10.5 Å². The van der Waals surface area contributed by atoms with E-state index >= 15 is 0 Å². The molecule has 1 fully saturated rings. The quantitative estimate of drug-likeness (QED) is 0.655. The molecule has 7 nitrogen and oxygen atoms in total. The van der Waals surface area contributed by atoms with Gasteiger partial charge < -0.3 is 15.6 Å². The van der Waals surface area contributed by atoms with E-state index in [1.54, 1.807) is 31.3 Å². The number of hydrogen-bond acceptors (Lipinski definition) is 6. The number of aliphatic hydroxyl groups excluding tert-OH is 1. The van der Waals surface area contributed by atoms with Crippen molar-refractivity contribution in [3.8, 4) is 5.75 Å². The van der Waals surface area contributed by atoms with Gasteiger partial charge in [-0.15, -0.1) is 0 Å². The Bertz CT molecular complexity index is 644. The number of hydrogen-bond donors (Lipinski definition) is 2. The first-order valence-electron chi connectivity index (χ1n) is 7.40. The van der Waals surface area contributed by atoms with Crippen LogP contribution in [0.3, 0.4) is 0 Å². The number of primary amides is 1. The van der Waals surface area contributed by atoms with E-state index in [9.17, 15) is 18.3 Å². The molecule has 0 radical (unpaired) electrons. The highest BCUT2D eigenvalue weighted by Gasteiger charge is 2.38. The maximum atomic E-state index is 11.5. The van der Waals surface area contributed by atoms with Gasteiger partial charge in [0, 0.05) is 12.1 Å². The van der Waals surface area contributed by atoms with E-state index in [-0.39, 0.29) is 17.5 Å². The van der Waals surface area contributed by atoms with Crippen molar-refractivity contribution in [1.29, 1.82) is 0 Å². The van der Waals surface area contributed by atoms with Gasteiger partial charge in [0.05, 0.1) is 30.3 Å². The first-order chi connectivity index (χ1) is 10.8. The zero-order valence-corrected chi connectivity index (χ0v) is 13.8. The lowest BCUT2D eigenvalue weighted by atomic mass is 10.2. The summed E-state index contributed by atoms with van der Waals surface area (Å²) in [5.41, 5.74) is 5.58. The fourth-order valence-corrected chi connectivity index (χ4v) is 4.49. The molecule has 0 unspecified atom stereocenters. The number of nitrogens with zero attached hydrogens (tertiary/aromatic N) is 1. The summed E-state index contributed by atoms with van der Waals surface area (Å²) in [4.78, 5) is 12.8. The summed E-state index contributed by atoms with van der Waals surface area (Å²) in [5.74, 6) is -0.00505. The fraction of sp³-hybridized carbons (Fsp3) is 0.533. The summed E-state index contributed by atoms with van der Waals surface area (Å²) in [5, 5.41) is 9.81. The highest BCUT2D eigenvalue weighted by molar-refractivity contribution is 7.91. The maximum Gasteiger partial charge on any atom is 0.248 e. The number of ether oxygens (including phenoxy) is 1. The van der Waals surface area contributed by atoms with E-state index in [1.165, 1.54) is 0 Å². The van der Waals surface area contributed by atoms with Gasteiger partial charge in [-0.1, -0.05) is 0 Å². The molecular formula is C15H22N2O5S. The third kappa shape index (κ3) is 4.92. The lowest BCUT2D eigenvalue weighted by Gasteiger charge is -2.25. The number of likely N-dealkylation sites (N-methyl/N-ethyl adjacent to an activating group) is 1. The van der Waals surface area contributed by atoms with Crippen molar-refractivity contribution in [3.63, 3.8) is 0 Å². The summed E-state index contributed by atoms with van der Waals surface area (Å²) < 4.78 is 28.6. The van der Waals surface area contributed by atoms with Gasteiger partial charge in [-0.2, -0.15) is 0 Å². The molecule has 1 heterocycles. The van der Waals surface area contributed by atoms with E-state index in [1.807, 2.05) is 4.90 Å². The molecule has 8 heteroatoms. The van der Waals surface area contributed by atoms with Crippen molar-refractivity contribution in [2.45, 2.75) is 18.6 Å². The molecule has 1 amide bonds. The van der Waals surface area contributed by atoms with Crippen LogP contribution in [0.25, 0.3) is 0 Å². The van der Waals surface area contributed by atoms with Crippen molar-refractivity contribution >= 4 is 15.7 Å². The van der Waals surface area contributed by atoms with E-state index in [4.69, 9.17) is 10.5 Å². The highest BCUT2D eigenvalue weighted by atomic mass is 32.2. The second-order valence-corrected chi connectivity index (χ2v) is 7.94. The molecule has 0 spiro atoms. The number of carbonyl (C=O) groups excluding carboxylic acids is 1. The number of rotatable bonds is 7. The normalized spacial score (nSPS) is 23.1. The van der Waals surface area contributed by atoms with Crippen LogP contribution in [0.5, 0.6) is 5.75 Å². The van der Waals surface area contributed by atoms with E-state index in [2.05, 4.69) is 0 Å². The number of carbonyl (C=O) groups is 1. The molecule has 2 atom stereocenters. The summed E-state index contributed by atoms with van der Waals surface area (Å²) in [6.07, 6.45) is -0.135. The van der Waals surface area contributed by atoms with Crippen molar-refractivity contribution in [3.05, 3.63) is 29.8 Å². The largest absolute Gasteiger partial charge is 0.494 e. The minimum absolute atomic E-state index is 0.000102. The molecular weight excluding hydrogens is 320 g/mol. The van der Waals surface area contributed by atoms with Crippen molar-refractivity contribution in [1.82, 2.24) is 4.90 Å². The van der Waals surface area contributed by atoms with Gasteiger partial charge in [0.25, 0.3) is 0 Å². The molecule has 0 bridgehead atoms. The van der Waals surface area contributed by atoms with Gasteiger partial charge >= 0.3 is 0 Å². The lowest BCUT2D eigenvalue weighted by Crippen LogP contribution is -2.41. The smallest absolute Gasteiger partial charge is 0.248 e. The second kappa shape index (κ2) is 7.29. The Labute approximate surface area is 136 Å².